The van der Waals surface area contributed by atoms with Crippen molar-refractivity contribution in [2.24, 2.45) is 0 Å². The predicted octanol–water partition coefficient (Wildman–Crippen LogP) is 2.47. The quantitative estimate of drug-likeness (QED) is 0.775. The van der Waals surface area contributed by atoms with Gasteiger partial charge in [-0.3, -0.25) is 14.4 Å². The third-order valence-corrected chi connectivity index (χ3v) is 6.06. The Balaban J connectivity index is 1.69. The number of likely N-dealkylation sites (N-methyl/N-ethyl adjacent to an activating group) is 1. The minimum atomic E-state index is -1.18. The van der Waals surface area contributed by atoms with Gasteiger partial charge < -0.3 is 19.9 Å². The summed E-state index contributed by atoms with van der Waals surface area (Å²) >= 11 is 0. The predicted molar refractivity (Wildman–Crippen MR) is 103 cm³/mol. The van der Waals surface area contributed by atoms with E-state index in [9.17, 15) is 32.7 Å². The zero-order valence-corrected chi connectivity index (χ0v) is 16.6. The lowest BCUT2D eigenvalue weighted by atomic mass is 9.86. The first-order valence-electron chi connectivity index (χ1n) is 9.87. The molecule has 0 spiro atoms. The van der Waals surface area contributed by atoms with Crippen LogP contribution in [0.2, 0.25) is 0 Å². The van der Waals surface area contributed by atoms with Gasteiger partial charge in [0.25, 0.3) is 11.8 Å². The fraction of sp³-hybridized carbons (Fsp3) is 0.381. The Morgan fingerprint density at radius 2 is 1.74 bits per heavy atom. The van der Waals surface area contributed by atoms with Gasteiger partial charge in [0.2, 0.25) is 5.43 Å². The standard InChI is InChI=1S/C21H20F3N3O4/c1-26-15-4-2-3-5-16(15)27-9-12(18(28)19(29)17(27)21(26)31)20(30)25-8-11-13(23)6-10(22)7-14(11)24/h6-7,9,15-16,29H,2-5,8H2,1H3,(H,25,30)/t15-,16-/m0/s1. The summed E-state index contributed by atoms with van der Waals surface area (Å²) < 4.78 is 42.2. The maximum Gasteiger partial charge on any atom is 0.274 e. The van der Waals surface area contributed by atoms with Crippen LogP contribution in [0.5, 0.6) is 5.75 Å². The lowest BCUT2D eigenvalue weighted by molar-refractivity contribution is 0.0507. The highest BCUT2D eigenvalue weighted by atomic mass is 19.1. The van der Waals surface area contributed by atoms with Gasteiger partial charge in [-0.25, -0.2) is 13.2 Å². The van der Waals surface area contributed by atoms with Crippen LogP contribution in [0.25, 0.3) is 0 Å². The number of aromatic nitrogens is 1. The summed E-state index contributed by atoms with van der Waals surface area (Å²) in [4.78, 5) is 39.5. The molecule has 7 nitrogen and oxygen atoms in total. The van der Waals surface area contributed by atoms with Crippen molar-refractivity contribution in [1.82, 2.24) is 14.8 Å². The van der Waals surface area contributed by atoms with E-state index in [1.807, 2.05) is 0 Å². The van der Waals surface area contributed by atoms with Crippen LogP contribution < -0.4 is 10.7 Å². The maximum absolute atomic E-state index is 13.8. The SMILES string of the molecule is CN1C(=O)c2c(O)c(=O)c(C(=O)NCc3c(F)cc(F)cc3F)cn2[C@H]2CCCC[C@@H]21. The van der Waals surface area contributed by atoms with Crippen molar-refractivity contribution in [1.29, 1.82) is 0 Å². The molecule has 1 aromatic carbocycles. The Labute approximate surface area is 175 Å². The first kappa shape index (κ1) is 21.0. The summed E-state index contributed by atoms with van der Waals surface area (Å²) in [7, 11) is 1.62. The molecular weight excluding hydrogens is 415 g/mol. The molecule has 2 amide bonds. The molecule has 1 aromatic heterocycles. The van der Waals surface area contributed by atoms with Crippen LogP contribution in [-0.4, -0.2) is 39.5 Å². The second kappa shape index (κ2) is 7.75. The Bertz CT molecular complexity index is 1120. The molecule has 1 saturated carbocycles. The molecule has 0 bridgehead atoms. The van der Waals surface area contributed by atoms with Gasteiger partial charge >= 0.3 is 0 Å². The number of rotatable bonds is 3. The van der Waals surface area contributed by atoms with E-state index in [2.05, 4.69) is 5.32 Å². The Hall–Kier alpha value is -3.30. The minimum Gasteiger partial charge on any atom is -0.503 e. The van der Waals surface area contributed by atoms with Crippen molar-refractivity contribution in [2.45, 2.75) is 44.3 Å². The largest absolute Gasteiger partial charge is 0.503 e. The Kier molecular flexibility index (Phi) is 5.24. The number of nitrogens with one attached hydrogen (secondary N) is 1. The van der Waals surface area contributed by atoms with Crippen molar-refractivity contribution in [3.63, 3.8) is 0 Å². The van der Waals surface area contributed by atoms with E-state index in [1.54, 1.807) is 7.05 Å². The molecule has 4 rings (SSSR count). The number of aromatic hydroxyl groups is 1. The van der Waals surface area contributed by atoms with E-state index < -0.39 is 58.1 Å². The second-order valence-corrected chi connectivity index (χ2v) is 7.84. The molecule has 2 aromatic rings. The average Bonchev–Trinajstić information content (AvgIpc) is 2.73. The monoisotopic (exact) mass is 435 g/mol. The number of hydrogen-bond donors (Lipinski definition) is 2. The number of benzene rings is 1. The maximum atomic E-state index is 13.8. The molecule has 2 heterocycles. The summed E-state index contributed by atoms with van der Waals surface area (Å²) in [6.45, 7) is -0.632. The summed E-state index contributed by atoms with van der Waals surface area (Å²) in [5, 5.41) is 12.7. The summed E-state index contributed by atoms with van der Waals surface area (Å²) in [5.41, 5.74) is -2.25. The van der Waals surface area contributed by atoms with E-state index in [-0.39, 0.29) is 17.8 Å². The number of halogens is 3. The number of pyridine rings is 1. The fourth-order valence-electron chi connectivity index (χ4n) is 4.45. The molecule has 10 heteroatoms. The first-order chi connectivity index (χ1) is 14.7. The van der Waals surface area contributed by atoms with Crippen molar-refractivity contribution in [3.8, 4) is 5.75 Å². The molecule has 2 aliphatic rings. The van der Waals surface area contributed by atoms with Gasteiger partial charge in [0.1, 0.15) is 23.0 Å². The van der Waals surface area contributed by atoms with Crippen LogP contribution in [-0.2, 0) is 6.54 Å². The number of amides is 2. The Morgan fingerprint density at radius 1 is 1.13 bits per heavy atom. The molecule has 164 valence electrons. The van der Waals surface area contributed by atoms with Crippen LogP contribution in [0.15, 0.2) is 23.1 Å². The van der Waals surface area contributed by atoms with Gasteiger partial charge in [0, 0.05) is 37.5 Å². The van der Waals surface area contributed by atoms with Gasteiger partial charge in [-0.05, 0) is 12.8 Å². The number of nitrogens with zero attached hydrogens (tertiary/aromatic N) is 2. The minimum absolute atomic E-state index is 0.131. The zero-order valence-electron chi connectivity index (χ0n) is 16.6. The molecule has 31 heavy (non-hydrogen) atoms. The molecule has 1 fully saturated rings. The van der Waals surface area contributed by atoms with E-state index >= 15 is 0 Å². The second-order valence-electron chi connectivity index (χ2n) is 7.84. The lowest BCUT2D eigenvalue weighted by Crippen LogP contribution is -2.51. The molecule has 2 atom stereocenters. The molecule has 0 saturated heterocycles. The first-order valence-corrected chi connectivity index (χ1v) is 9.87. The molecule has 2 N–H and O–H groups in total. The van der Waals surface area contributed by atoms with Gasteiger partial charge in [0.05, 0.1) is 12.1 Å². The van der Waals surface area contributed by atoms with Gasteiger partial charge in [-0.1, -0.05) is 12.8 Å². The van der Waals surface area contributed by atoms with Gasteiger partial charge in [-0.15, -0.1) is 0 Å². The third kappa shape index (κ3) is 3.45. The highest BCUT2D eigenvalue weighted by molar-refractivity contribution is 5.99. The number of hydrogen-bond acceptors (Lipinski definition) is 4. The Morgan fingerprint density at radius 3 is 2.39 bits per heavy atom. The summed E-state index contributed by atoms with van der Waals surface area (Å²) in [6.07, 6.45) is 4.50. The van der Waals surface area contributed by atoms with Crippen molar-refractivity contribution in [2.75, 3.05) is 7.05 Å². The summed E-state index contributed by atoms with van der Waals surface area (Å²) in [5.74, 6) is -5.78. The average molecular weight is 435 g/mol. The van der Waals surface area contributed by atoms with Crippen molar-refractivity contribution < 1.29 is 27.9 Å². The van der Waals surface area contributed by atoms with Crippen LogP contribution in [0.4, 0.5) is 13.2 Å². The van der Waals surface area contributed by atoms with E-state index in [1.165, 1.54) is 15.7 Å². The molecule has 1 aliphatic carbocycles. The van der Waals surface area contributed by atoms with E-state index in [0.29, 0.717) is 18.6 Å². The highest BCUT2D eigenvalue weighted by Gasteiger charge is 2.41. The number of carbonyl (C=O) groups excluding carboxylic acids is 2. The smallest absolute Gasteiger partial charge is 0.274 e. The third-order valence-electron chi connectivity index (χ3n) is 6.06. The van der Waals surface area contributed by atoms with Gasteiger partial charge in [0.15, 0.2) is 11.4 Å². The van der Waals surface area contributed by atoms with Gasteiger partial charge in [-0.2, -0.15) is 0 Å². The van der Waals surface area contributed by atoms with Crippen LogP contribution in [0, 0.1) is 17.5 Å². The zero-order chi connectivity index (χ0) is 22.4. The normalized spacial score (nSPS) is 20.3. The molecule has 1 aliphatic heterocycles. The molecular formula is C21H20F3N3O4. The topological polar surface area (TPSA) is 91.6 Å². The highest BCUT2D eigenvalue weighted by Crippen LogP contribution is 2.38. The van der Waals surface area contributed by atoms with Crippen LogP contribution in [0.3, 0.4) is 0 Å². The number of fused-ring (bicyclic) bond motifs is 3. The van der Waals surface area contributed by atoms with Crippen molar-refractivity contribution in [3.05, 3.63) is 62.8 Å². The molecule has 0 unspecified atom stereocenters. The fourth-order valence-corrected chi connectivity index (χ4v) is 4.45. The van der Waals surface area contributed by atoms with E-state index in [4.69, 9.17) is 0 Å². The molecule has 0 radical (unpaired) electrons. The lowest BCUT2D eigenvalue weighted by Gasteiger charge is -2.44. The van der Waals surface area contributed by atoms with E-state index in [0.717, 1.165) is 19.3 Å². The summed E-state index contributed by atoms with van der Waals surface area (Å²) in [6, 6.07) is 0.621. The van der Waals surface area contributed by atoms with Crippen molar-refractivity contribution >= 4 is 11.8 Å². The number of carbonyl (C=O) groups is 2. The van der Waals surface area contributed by atoms with Crippen LogP contribution >= 0.6 is 0 Å². The van der Waals surface area contributed by atoms with Crippen LogP contribution in [0.1, 0.15) is 58.1 Å².